The zero-order valence-corrected chi connectivity index (χ0v) is 13.3. The standard InChI is InChI=1S/C16H17BrClN/c1-2-9-19-11-13-10-15(18)7-8-16(13)12-3-5-14(17)6-4-12/h3-8,10,19H,2,9,11H2,1H3. The first-order valence-corrected chi connectivity index (χ1v) is 7.63. The van der Waals surface area contributed by atoms with Crippen molar-refractivity contribution >= 4 is 27.5 Å². The average molecular weight is 339 g/mol. The van der Waals surface area contributed by atoms with Gasteiger partial charge in [0.2, 0.25) is 0 Å². The lowest BCUT2D eigenvalue weighted by Gasteiger charge is -2.11. The van der Waals surface area contributed by atoms with Crippen LogP contribution in [0.3, 0.4) is 0 Å². The quantitative estimate of drug-likeness (QED) is 0.732. The lowest BCUT2D eigenvalue weighted by atomic mass is 10.00. The second-order valence-corrected chi connectivity index (χ2v) is 5.84. The van der Waals surface area contributed by atoms with Gasteiger partial charge in [-0.05, 0) is 53.9 Å². The highest BCUT2D eigenvalue weighted by molar-refractivity contribution is 9.10. The van der Waals surface area contributed by atoms with Crippen LogP contribution in [0.25, 0.3) is 11.1 Å². The van der Waals surface area contributed by atoms with Crippen LogP contribution in [0.1, 0.15) is 18.9 Å². The first-order chi connectivity index (χ1) is 9.20. The van der Waals surface area contributed by atoms with Crippen LogP contribution in [0, 0.1) is 0 Å². The fraction of sp³-hybridized carbons (Fsp3) is 0.250. The SMILES string of the molecule is CCCNCc1cc(Cl)ccc1-c1ccc(Br)cc1. The Kier molecular flexibility index (Phi) is 5.44. The van der Waals surface area contributed by atoms with Gasteiger partial charge in [0, 0.05) is 16.0 Å². The van der Waals surface area contributed by atoms with E-state index in [1.165, 1.54) is 16.7 Å². The maximum atomic E-state index is 6.11. The lowest BCUT2D eigenvalue weighted by molar-refractivity contribution is 0.676. The fourth-order valence-electron chi connectivity index (χ4n) is 2.02. The van der Waals surface area contributed by atoms with Crippen molar-refractivity contribution in [3.05, 3.63) is 57.5 Å². The molecule has 0 aliphatic heterocycles. The molecule has 1 nitrogen and oxygen atoms in total. The maximum absolute atomic E-state index is 6.11. The van der Waals surface area contributed by atoms with Crippen molar-refractivity contribution in [1.29, 1.82) is 0 Å². The number of hydrogen-bond donors (Lipinski definition) is 1. The summed E-state index contributed by atoms with van der Waals surface area (Å²) in [5.41, 5.74) is 3.69. The molecule has 0 amide bonds. The molecule has 0 saturated heterocycles. The van der Waals surface area contributed by atoms with Crippen molar-refractivity contribution in [2.75, 3.05) is 6.54 Å². The molecule has 1 N–H and O–H groups in total. The van der Waals surface area contributed by atoms with E-state index in [-0.39, 0.29) is 0 Å². The molecule has 2 aromatic rings. The zero-order valence-electron chi connectivity index (χ0n) is 10.9. The number of nitrogens with one attached hydrogen (secondary N) is 1. The number of hydrogen-bond acceptors (Lipinski definition) is 1. The minimum Gasteiger partial charge on any atom is -0.313 e. The van der Waals surface area contributed by atoms with Crippen molar-refractivity contribution in [2.45, 2.75) is 19.9 Å². The Balaban J connectivity index is 2.30. The normalized spacial score (nSPS) is 10.7. The lowest BCUT2D eigenvalue weighted by Crippen LogP contribution is -2.14. The van der Waals surface area contributed by atoms with Crippen LogP contribution < -0.4 is 5.32 Å². The van der Waals surface area contributed by atoms with Crippen LogP contribution in [0.5, 0.6) is 0 Å². The van der Waals surface area contributed by atoms with Crippen LogP contribution in [-0.2, 0) is 6.54 Å². The maximum Gasteiger partial charge on any atom is 0.0409 e. The summed E-state index contributed by atoms with van der Waals surface area (Å²) in [4.78, 5) is 0. The summed E-state index contributed by atoms with van der Waals surface area (Å²) in [6.07, 6.45) is 1.13. The Morgan fingerprint density at radius 3 is 2.53 bits per heavy atom. The summed E-state index contributed by atoms with van der Waals surface area (Å²) in [5, 5.41) is 4.22. The van der Waals surface area contributed by atoms with E-state index in [4.69, 9.17) is 11.6 Å². The molecule has 0 saturated carbocycles. The largest absolute Gasteiger partial charge is 0.313 e. The Labute approximate surface area is 128 Å². The van der Waals surface area contributed by atoms with Gasteiger partial charge in [-0.1, -0.05) is 52.7 Å². The van der Waals surface area contributed by atoms with Crippen LogP contribution in [0.15, 0.2) is 46.9 Å². The summed E-state index contributed by atoms with van der Waals surface area (Å²) in [7, 11) is 0. The molecule has 0 fully saturated rings. The summed E-state index contributed by atoms with van der Waals surface area (Å²) in [6, 6.07) is 14.5. The first-order valence-electron chi connectivity index (χ1n) is 6.46. The highest BCUT2D eigenvalue weighted by Crippen LogP contribution is 2.27. The molecule has 0 bridgehead atoms. The van der Waals surface area contributed by atoms with Gasteiger partial charge in [0.25, 0.3) is 0 Å². The molecular formula is C16H17BrClN. The average Bonchev–Trinajstić information content (AvgIpc) is 2.41. The summed E-state index contributed by atoms with van der Waals surface area (Å²) < 4.78 is 1.09. The second-order valence-electron chi connectivity index (χ2n) is 4.49. The van der Waals surface area contributed by atoms with Crippen molar-refractivity contribution in [2.24, 2.45) is 0 Å². The Morgan fingerprint density at radius 1 is 1.11 bits per heavy atom. The number of rotatable bonds is 5. The molecule has 3 heteroatoms. The van der Waals surface area contributed by atoms with Crippen LogP contribution in [-0.4, -0.2) is 6.54 Å². The Hall–Kier alpha value is -0.830. The van der Waals surface area contributed by atoms with Gasteiger partial charge in [-0.25, -0.2) is 0 Å². The van der Waals surface area contributed by atoms with E-state index in [1.807, 2.05) is 12.1 Å². The Morgan fingerprint density at radius 2 is 1.84 bits per heavy atom. The van der Waals surface area contributed by atoms with E-state index < -0.39 is 0 Å². The molecule has 0 aliphatic rings. The van der Waals surface area contributed by atoms with Crippen molar-refractivity contribution < 1.29 is 0 Å². The molecule has 0 heterocycles. The molecule has 100 valence electrons. The van der Waals surface area contributed by atoms with Crippen molar-refractivity contribution in [3.63, 3.8) is 0 Å². The van der Waals surface area contributed by atoms with E-state index >= 15 is 0 Å². The number of halogens is 2. The highest BCUT2D eigenvalue weighted by atomic mass is 79.9. The van der Waals surface area contributed by atoms with Gasteiger partial charge in [0.15, 0.2) is 0 Å². The first kappa shape index (κ1) is 14.6. The molecule has 0 atom stereocenters. The molecule has 0 aromatic heterocycles. The topological polar surface area (TPSA) is 12.0 Å². The van der Waals surface area contributed by atoms with E-state index in [1.54, 1.807) is 0 Å². The van der Waals surface area contributed by atoms with Crippen LogP contribution >= 0.6 is 27.5 Å². The summed E-state index contributed by atoms with van der Waals surface area (Å²) >= 11 is 9.57. The third kappa shape index (κ3) is 4.07. The van der Waals surface area contributed by atoms with Gasteiger partial charge < -0.3 is 5.32 Å². The highest BCUT2D eigenvalue weighted by Gasteiger charge is 2.06. The van der Waals surface area contributed by atoms with Crippen LogP contribution in [0.4, 0.5) is 0 Å². The minimum absolute atomic E-state index is 0.786. The summed E-state index contributed by atoms with van der Waals surface area (Å²) in [5.74, 6) is 0. The van der Waals surface area contributed by atoms with Crippen molar-refractivity contribution in [1.82, 2.24) is 5.32 Å². The second kappa shape index (κ2) is 7.09. The zero-order chi connectivity index (χ0) is 13.7. The molecule has 0 aliphatic carbocycles. The van der Waals surface area contributed by atoms with Crippen LogP contribution in [0.2, 0.25) is 5.02 Å². The molecule has 19 heavy (non-hydrogen) atoms. The minimum atomic E-state index is 0.786. The van der Waals surface area contributed by atoms with E-state index in [0.717, 1.165) is 29.0 Å². The predicted molar refractivity (Wildman–Crippen MR) is 86.6 cm³/mol. The van der Waals surface area contributed by atoms with Gasteiger partial charge >= 0.3 is 0 Å². The van der Waals surface area contributed by atoms with E-state index in [2.05, 4.69) is 58.5 Å². The molecular weight excluding hydrogens is 322 g/mol. The number of benzene rings is 2. The van der Waals surface area contributed by atoms with Gasteiger partial charge in [-0.2, -0.15) is 0 Å². The van der Waals surface area contributed by atoms with Gasteiger partial charge in [-0.3, -0.25) is 0 Å². The molecule has 0 unspecified atom stereocenters. The third-order valence-electron chi connectivity index (χ3n) is 2.96. The molecule has 0 radical (unpaired) electrons. The van der Waals surface area contributed by atoms with Crippen molar-refractivity contribution in [3.8, 4) is 11.1 Å². The third-order valence-corrected chi connectivity index (χ3v) is 3.73. The fourth-order valence-corrected chi connectivity index (χ4v) is 2.48. The van der Waals surface area contributed by atoms with Gasteiger partial charge in [0.05, 0.1) is 0 Å². The van der Waals surface area contributed by atoms with Gasteiger partial charge in [0.1, 0.15) is 0 Å². The predicted octanol–water partition coefficient (Wildman–Crippen LogP) is 5.27. The van der Waals surface area contributed by atoms with E-state index in [0.29, 0.717) is 0 Å². The molecule has 2 rings (SSSR count). The monoisotopic (exact) mass is 337 g/mol. The smallest absolute Gasteiger partial charge is 0.0409 e. The van der Waals surface area contributed by atoms with E-state index in [9.17, 15) is 0 Å². The Bertz CT molecular complexity index is 537. The molecule has 0 spiro atoms. The van der Waals surface area contributed by atoms with Gasteiger partial charge in [-0.15, -0.1) is 0 Å². The summed E-state index contributed by atoms with van der Waals surface area (Å²) in [6.45, 7) is 4.03. The molecule has 2 aromatic carbocycles.